The van der Waals surface area contributed by atoms with Crippen molar-refractivity contribution in [2.45, 2.75) is 19.9 Å². The van der Waals surface area contributed by atoms with Gasteiger partial charge < -0.3 is 4.90 Å². The molecule has 1 aliphatic heterocycles. The second-order valence-corrected chi connectivity index (χ2v) is 6.70. The number of aryl methyl sites for hydroxylation is 1. The van der Waals surface area contributed by atoms with Crippen molar-refractivity contribution < 1.29 is 4.79 Å². The third-order valence-electron chi connectivity index (χ3n) is 4.34. The summed E-state index contributed by atoms with van der Waals surface area (Å²) in [7, 11) is 0. The zero-order valence-electron chi connectivity index (χ0n) is 13.9. The quantitative estimate of drug-likeness (QED) is 0.857. The first-order valence-electron chi connectivity index (χ1n) is 8.30. The van der Waals surface area contributed by atoms with Crippen LogP contribution in [0.3, 0.4) is 0 Å². The molecule has 0 unspecified atom stereocenters. The van der Waals surface area contributed by atoms with Gasteiger partial charge in [0.1, 0.15) is 5.69 Å². The molecule has 1 amide bonds. The number of rotatable bonds is 3. The van der Waals surface area contributed by atoms with Gasteiger partial charge in [-0.1, -0.05) is 41.4 Å². The molecule has 2 aromatic rings. The van der Waals surface area contributed by atoms with Crippen molar-refractivity contribution >= 4 is 17.5 Å². The van der Waals surface area contributed by atoms with Crippen molar-refractivity contribution in [2.75, 3.05) is 26.2 Å². The van der Waals surface area contributed by atoms with E-state index in [1.54, 1.807) is 18.3 Å². The van der Waals surface area contributed by atoms with Crippen LogP contribution in [0, 0.1) is 6.92 Å². The van der Waals surface area contributed by atoms with Crippen molar-refractivity contribution in [2.24, 2.45) is 0 Å². The Morgan fingerprint density at radius 1 is 1.12 bits per heavy atom. The van der Waals surface area contributed by atoms with Crippen LogP contribution in [-0.4, -0.2) is 46.9 Å². The van der Waals surface area contributed by atoms with Crippen LogP contribution in [0.2, 0.25) is 5.02 Å². The highest BCUT2D eigenvalue weighted by Gasteiger charge is 2.21. The number of amides is 1. The number of pyridine rings is 1. The minimum absolute atomic E-state index is 0.0327. The topological polar surface area (TPSA) is 36.4 Å². The largest absolute Gasteiger partial charge is 0.336 e. The lowest BCUT2D eigenvalue weighted by Gasteiger charge is -2.22. The van der Waals surface area contributed by atoms with E-state index in [1.807, 2.05) is 4.90 Å². The molecule has 2 heterocycles. The Labute approximate surface area is 148 Å². The van der Waals surface area contributed by atoms with Crippen LogP contribution in [-0.2, 0) is 6.54 Å². The molecule has 4 nitrogen and oxygen atoms in total. The standard InChI is InChI=1S/C19H22ClN3O/c1-15-3-5-16(6-4-15)14-22-9-2-10-23(12-11-22)19(24)18-13-17(20)7-8-21-18/h3-8,13H,2,9-12,14H2,1H3. The first-order chi connectivity index (χ1) is 11.6. The van der Waals surface area contributed by atoms with Gasteiger partial charge in [0.05, 0.1) is 0 Å². The van der Waals surface area contributed by atoms with Gasteiger partial charge in [-0.25, -0.2) is 0 Å². The number of hydrogen-bond acceptors (Lipinski definition) is 3. The van der Waals surface area contributed by atoms with Gasteiger partial charge in [0.15, 0.2) is 0 Å². The van der Waals surface area contributed by atoms with Crippen LogP contribution in [0.5, 0.6) is 0 Å². The Kier molecular flexibility index (Phi) is 5.48. The summed E-state index contributed by atoms with van der Waals surface area (Å²) in [4.78, 5) is 21.0. The van der Waals surface area contributed by atoms with Crippen molar-refractivity contribution in [1.29, 1.82) is 0 Å². The summed E-state index contributed by atoms with van der Waals surface area (Å²) in [6, 6.07) is 12.0. The van der Waals surface area contributed by atoms with Gasteiger partial charge in [-0.15, -0.1) is 0 Å². The zero-order chi connectivity index (χ0) is 16.9. The predicted molar refractivity (Wildman–Crippen MR) is 96.2 cm³/mol. The third-order valence-corrected chi connectivity index (χ3v) is 4.58. The smallest absolute Gasteiger partial charge is 0.272 e. The highest BCUT2D eigenvalue weighted by molar-refractivity contribution is 6.30. The Hall–Kier alpha value is -1.91. The lowest BCUT2D eigenvalue weighted by molar-refractivity contribution is 0.0755. The van der Waals surface area contributed by atoms with Crippen LogP contribution in [0.15, 0.2) is 42.6 Å². The summed E-state index contributed by atoms with van der Waals surface area (Å²) in [6.07, 6.45) is 2.55. The van der Waals surface area contributed by atoms with Crippen molar-refractivity contribution in [3.8, 4) is 0 Å². The summed E-state index contributed by atoms with van der Waals surface area (Å²) >= 11 is 5.97. The lowest BCUT2D eigenvalue weighted by Crippen LogP contribution is -2.35. The number of hydrogen-bond donors (Lipinski definition) is 0. The summed E-state index contributed by atoms with van der Waals surface area (Å²) < 4.78 is 0. The Morgan fingerprint density at radius 2 is 1.92 bits per heavy atom. The SMILES string of the molecule is Cc1ccc(CN2CCCN(C(=O)c3cc(Cl)ccn3)CC2)cc1. The molecule has 0 spiro atoms. The van der Waals surface area contributed by atoms with E-state index in [2.05, 4.69) is 41.1 Å². The molecule has 3 rings (SSSR count). The van der Waals surface area contributed by atoms with Crippen LogP contribution >= 0.6 is 11.6 Å². The van der Waals surface area contributed by atoms with Crippen LogP contribution in [0.1, 0.15) is 28.0 Å². The number of carbonyl (C=O) groups is 1. The van der Waals surface area contributed by atoms with E-state index in [0.29, 0.717) is 10.7 Å². The Morgan fingerprint density at radius 3 is 2.67 bits per heavy atom. The first kappa shape index (κ1) is 16.9. The molecule has 0 aliphatic carbocycles. The van der Waals surface area contributed by atoms with Gasteiger partial charge in [0.2, 0.25) is 0 Å². The fraction of sp³-hybridized carbons (Fsp3) is 0.368. The van der Waals surface area contributed by atoms with Crippen LogP contribution in [0.4, 0.5) is 0 Å². The van der Waals surface area contributed by atoms with Gasteiger partial charge in [0.25, 0.3) is 5.91 Å². The van der Waals surface area contributed by atoms with Crippen LogP contribution < -0.4 is 0 Å². The second-order valence-electron chi connectivity index (χ2n) is 6.27. The Bertz CT molecular complexity index is 702. The molecule has 0 atom stereocenters. The van der Waals surface area contributed by atoms with Crippen molar-refractivity contribution in [3.63, 3.8) is 0 Å². The number of benzene rings is 1. The molecule has 1 aromatic heterocycles. The summed E-state index contributed by atoms with van der Waals surface area (Å²) in [5, 5.41) is 0.546. The molecule has 5 heteroatoms. The van der Waals surface area contributed by atoms with Crippen molar-refractivity contribution in [3.05, 3.63) is 64.4 Å². The lowest BCUT2D eigenvalue weighted by atomic mass is 10.1. The molecule has 0 saturated carbocycles. The second kappa shape index (κ2) is 7.77. The maximum Gasteiger partial charge on any atom is 0.272 e. The average molecular weight is 344 g/mol. The highest BCUT2D eigenvalue weighted by Crippen LogP contribution is 2.14. The minimum Gasteiger partial charge on any atom is -0.336 e. The molecular formula is C19H22ClN3O. The highest BCUT2D eigenvalue weighted by atomic mass is 35.5. The van der Waals surface area contributed by atoms with E-state index in [9.17, 15) is 4.79 Å². The predicted octanol–water partition coefficient (Wildman–Crippen LogP) is 3.39. The minimum atomic E-state index is -0.0327. The molecule has 1 saturated heterocycles. The molecule has 1 aromatic carbocycles. The van der Waals surface area contributed by atoms with Gasteiger partial charge in [-0.2, -0.15) is 0 Å². The fourth-order valence-electron chi connectivity index (χ4n) is 2.97. The Balaban J connectivity index is 1.60. The third kappa shape index (κ3) is 4.34. The van der Waals surface area contributed by atoms with Crippen molar-refractivity contribution in [1.82, 2.24) is 14.8 Å². The van der Waals surface area contributed by atoms with Gasteiger partial charge >= 0.3 is 0 Å². The van der Waals surface area contributed by atoms with Crippen LogP contribution in [0.25, 0.3) is 0 Å². The number of aromatic nitrogens is 1. The zero-order valence-corrected chi connectivity index (χ0v) is 14.7. The molecule has 24 heavy (non-hydrogen) atoms. The van der Waals surface area contributed by atoms with Gasteiger partial charge in [-0.05, 0) is 31.0 Å². The maximum atomic E-state index is 12.6. The van der Waals surface area contributed by atoms with E-state index in [0.717, 1.165) is 39.1 Å². The fourth-order valence-corrected chi connectivity index (χ4v) is 3.13. The molecule has 0 radical (unpaired) electrons. The number of carbonyl (C=O) groups excluding carboxylic acids is 1. The normalized spacial score (nSPS) is 16.0. The average Bonchev–Trinajstić information content (AvgIpc) is 2.82. The summed E-state index contributed by atoms with van der Waals surface area (Å²) in [5.41, 5.74) is 3.02. The molecule has 0 N–H and O–H groups in total. The van der Waals surface area contributed by atoms with E-state index in [-0.39, 0.29) is 5.91 Å². The van der Waals surface area contributed by atoms with E-state index in [4.69, 9.17) is 11.6 Å². The van der Waals surface area contributed by atoms with E-state index >= 15 is 0 Å². The number of nitrogens with zero attached hydrogens (tertiary/aromatic N) is 3. The molecule has 0 bridgehead atoms. The first-order valence-corrected chi connectivity index (χ1v) is 8.68. The molecule has 1 fully saturated rings. The van der Waals surface area contributed by atoms with Gasteiger partial charge in [-0.3, -0.25) is 14.7 Å². The maximum absolute atomic E-state index is 12.6. The summed E-state index contributed by atoms with van der Waals surface area (Å²) in [5.74, 6) is -0.0327. The van der Waals surface area contributed by atoms with E-state index in [1.165, 1.54) is 11.1 Å². The molecular weight excluding hydrogens is 322 g/mol. The monoisotopic (exact) mass is 343 g/mol. The summed E-state index contributed by atoms with van der Waals surface area (Å²) in [6.45, 7) is 6.39. The molecule has 1 aliphatic rings. The van der Waals surface area contributed by atoms with Gasteiger partial charge in [0, 0.05) is 43.9 Å². The number of halogens is 1. The van der Waals surface area contributed by atoms with E-state index < -0.39 is 0 Å². The molecule has 126 valence electrons.